The molecule has 13 heteroatoms. The zero-order chi connectivity index (χ0) is 30.3. The molecule has 0 atom stereocenters. The molecule has 1 saturated heterocycles. The van der Waals surface area contributed by atoms with Gasteiger partial charge in [-0.05, 0) is 30.2 Å². The Hall–Kier alpha value is -5.14. The normalized spacial score (nSPS) is 13.6. The quantitative estimate of drug-likeness (QED) is 0.122. The summed E-state index contributed by atoms with van der Waals surface area (Å²) in [4.78, 5) is 21.9. The number of methoxy groups -OCH3 is 1. The van der Waals surface area contributed by atoms with Crippen molar-refractivity contribution in [2.75, 3.05) is 51.9 Å². The average Bonchev–Trinajstić information content (AvgIpc) is 3.52. The van der Waals surface area contributed by atoms with Crippen LogP contribution in [0.1, 0.15) is 12.0 Å². The van der Waals surface area contributed by atoms with Crippen LogP contribution in [0.4, 0.5) is 17.2 Å². The first kappa shape index (κ1) is 29.0. The number of morpholine rings is 1. The number of non-ortho nitro benzene ring substituents is 1. The number of ether oxygens (including phenoxy) is 3. The van der Waals surface area contributed by atoms with Gasteiger partial charge in [-0.1, -0.05) is 29.5 Å². The minimum absolute atomic E-state index is 0.0520. The number of benzene rings is 3. The molecule has 0 saturated carbocycles. The topological polar surface area (TPSA) is 143 Å². The second-order valence-corrected chi connectivity index (χ2v) is 10.3. The van der Waals surface area contributed by atoms with Gasteiger partial charge in [-0.15, -0.1) is 5.10 Å². The van der Waals surface area contributed by atoms with Crippen molar-refractivity contribution in [1.82, 2.24) is 29.9 Å². The lowest BCUT2D eigenvalue weighted by Crippen LogP contribution is -2.37. The number of anilines is 2. The number of nitro groups is 1. The van der Waals surface area contributed by atoms with Gasteiger partial charge in [0.25, 0.3) is 5.69 Å². The number of rotatable bonds is 12. The molecule has 1 aliphatic heterocycles. The largest absolute Gasteiger partial charge is 0.493 e. The van der Waals surface area contributed by atoms with E-state index in [-0.39, 0.29) is 5.69 Å². The van der Waals surface area contributed by atoms with Crippen molar-refractivity contribution in [2.24, 2.45) is 0 Å². The predicted molar refractivity (Wildman–Crippen MR) is 164 cm³/mol. The van der Waals surface area contributed by atoms with Crippen LogP contribution in [0, 0.1) is 10.1 Å². The minimum atomic E-state index is -0.416. The number of nitrogens with zero attached hydrogens (tertiary/aromatic N) is 7. The van der Waals surface area contributed by atoms with Gasteiger partial charge in [-0.25, -0.2) is 14.6 Å². The molecule has 0 aliphatic carbocycles. The Kier molecular flexibility index (Phi) is 8.85. The van der Waals surface area contributed by atoms with Gasteiger partial charge in [0, 0.05) is 54.5 Å². The zero-order valence-electron chi connectivity index (χ0n) is 24.3. The highest BCUT2D eigenvalue weighted by Gasteiger charge is 2.14. The first-order valence-corrected chi connectivity index (χ1v) is 14.3. The molecule has 0 amide bonds. The van der Waals surface area contributed by atoms with Crippen LogP contribution in [-0.2, 0) is 11.3 Å². The summed E-state index contributed by atoms with van der Waals surface area (Å²) in [6, 6.07) is 18.0. The Balaban J connectivity index is 1.16. The Labute approximate surface area is 253 Å². The summed E-state index contributed by atoms with van der Waals surface area (Å²) in [6.07, 6.45) is 4.25. The van der Waals surface area contributed by atoms with E-state index < -0.39 is 4.92 Å². The van der Waals surface area contributed by atoms with E-state index >= 15 is 0 Å². The number of aromatic nitrogens is 5. The van der Waals surface area contributed by atoms with Crippen molar-refractivity contribution in [3.63, 3.8) is 0 Å². The van der Waals surface area contributed by atoms with Crippen LogP contribution in [0.3, 0.4) is 0 Å². The van der Waals surface area contributed by atoms with E-state index in [1.165, 1.54) is 18.5 Å². The van der Waals surface area contributed by atoms with Gasteiger partial charge in [0.05, 0.1) is 50.1 Å². The molecule has 3 aromatic carbocycles. The second kappa shape index (κ2) is 13.4. The third-order valence-electron chi connectivity index (χ3n) is 7.35. The lowest BCUT2D eigenvalue weighted by molar-refractivity contribution is -0.384. The van der Waals surface area contributed by atoms with E-state index in [2.05, 4.69) is 30.5 Å². The maximum Gasteiger partial charge on any atom is 0.269 e. The molecule has 226 valence electrons. The third-order valence-corrected chi connectivity index (χ3v) is 7.35. The molecule has 5 aromatic rings. The van der Waals surface area contributed by atoms with E-state index in [0.717, 1.165) is 67.0 Å². The highest BCUT2D eigenvalue weighted by Crippen LogP contribution is 2.35. The SMILES string of the molecule is COc1cc2ncnc(Nc3cccc(-c4cn(Cc5ccc([N+](=O)[O-])cc5)nn4)c3)c2cc1OCCCN1CCOCC1. The highest BCUT2D eigenvalue weighted by atomic mass is 16.6. The smallest absolute Gasteiger partial charge is 0.269 e. The standard InChI is InChI=1S/C31H32N8O5/c1-42-29-18-27-26(17-30(29)44-13-3-10-37-11-14-43-15-12-37)31(33-21-32-27)34-24-5-2-4-23(16-24)28-20-38(36-35-28)19-22-6-8-25(9-7-22)39(40)41/h2,4-9,16-18,20-21H,3,10-15,19H2,1H3,(H,32,33,34). The molecule has 6 rings (SSSR count). The van der Waals surface area contributed by atoms with E-state index in [1.807, 2.05) is 42.6 Å². The molecular weight excluding hydrogens is 564 g/mol. The van der Waals surface area contributed by atoms with Crippen molar-refractivity contribution in [2.45, 2.75) is 13.0 Å². The van der Waals surface area contributed by atoms with Crippen LogP contribution in [0.2, 0.25) is 0 Å². The maximum atomic E-state index is 10.9. The molecule has 0 unspecified atom stereocenters. The van der Waals surface area contributed by atoms with Crippen LogP contribution < -0.4 is 14.8 Å². The van der Waals surface area contributed by atoms with E-state index in [4.69, 9.17) is 14.2 Å². The van der Waals surface area contributed by atoms with Crippen LogP contribution in [0.5, 0.6) is 11.5 Å². The third kappa shape index (κ3) is 6.90. The lowest BCUT2D eigenvalue weighted by atomic mass is 10.1. The molecule has 13 nitrogen and oxygen atoms in total. The molecule has 1 fully saturated rings. The monoisotopic (exact) mass is 596 g/mol. The zero-order valence-corrected chi connectivity index (χ0v) is 24.3. The van der Waals surface area contributed by atoms with Gasteiger partial charge < -0.3 is 19.5 Å². The molecule has 0 spiro atoms. The van der Waals surface area contributed by atoms with Crippen molar-refractivity contribution in [1.29, 1.82) is 0 Å². The van der Waals surface area contributed by atoms with Crippen molar-refractivity contribution < 1.29 is 19.1 Å². The van der Waals surface area contributed by atoms with Crippen LogP contribution in [0.25, 0.3) is 22.2 Å². The van der Waals surface area contributed by atoms with Crippen LogP contribution in [0.15, 0.2) is 73.2 Å². The second-order valence-electron chi connectivity index (χ2n) is 10.3. The number of nitro benzene ring substituents is 1. The first-order valence-electron chi connectivity index (χ1n) is 14.3. The van der Waals surface area contributed by atoms with Gasteiger partial charge in [-0.2, -0.15) is 0 Å². The van der Waals surface area contributed by atoms with Crippen LogP contribution in [-0.4, -0.2) is 81.3 Å². The molecule has 2 aromatic heterocycles. The van der Waals surface area contributed by atoms with Gasteiger partial charge in [0.15, 0.2) is 11.5 Å². The van der Waals surface area contributed by atoms with Crippen molar-refractivity contribution in [3.8, 4) is 22.8 Å². The van der Waals surface area contributed by atoms with E-state index in [1.54, 1.807) is 23.9 Å². The summed E-state index contributed by atoms with van der Waals surface area (Å²) < 4.78 is 18.9. The highest BCUT2D eigenvalue weighted by molar-refractivity contribution is 5.93. The molecular formula is C31H32N8O5. The Morgan fingerprint density at radius 1 is 1.05 bits per heavy atom. The Bertz CT molecular complexity index is 1740. The average molecular weight is 597 g/mol. The number of fused-ring (bicyclic) bond motifs is 1. The van der Waals surface area contributed by atoms with Gasteiger partial charge in [-0.3, -0.25) is 15.0 Å². The number of nitrogens with one attached hydrogen (secondary N) is 1. The maximum absolute atomic E-state index is 10.9. The summed E-state index contributed by atoms with van der Waals surface area (Å²) >= 11 is 0. The summed E-state index contributed by atoms with van der Waals surface area (Å²) in [5.41, 5.74) is 4.04. The van der Waals surface area contributed by atoms with Gasteiger partial charge in [0.2, 0.25) is 0 Å². The summed E-state index contributed by atoms with van der Waals surface area (Å²) in [5, 5.41) is 23.7. The van der Waals surface area contributed by atoms with Gasteiger partial charge in [0.1, 0.15) is 17.8 Å². The van der Waals surface area contributed by atoms with E-state index in [0.29, 0.717) is 36.2 Å². The fourth-order valence-electron chi connectivity index (χ4n) is 5.04. The molecule has 0 radical (unpaired) electrons. The Morgan fingerprint density at radius 2 is 1.89 bits per heavy atom. The lowest BCUT2D eigenvalue weighted by Gasteiger charge is -2.26. The van der Waals surface area contributed by atoms with Crippen molar-refractivity contribution in [3.05, 3.63) is 88.9 Å². The minimum Gasteiger partial charge on any atom is -0.493 e. The molecule has 44 heavy (non-hydrogen) atoms. The molecule has 3 heterocycles. The summed E-state index contributed by atoms with van der Waals surface area (Å²) in [7, 11) is 1.62. The fourth-order valence-corrected chi connectivity index (χ4v) is 5.04. The molecule has 0 bridgehead atoms. The predicted octanol–water partition coefficient (Wildman–Crippen LogP) is 4.70. The molecule has 1 aliphatic rings. The van der Waals surface area contributed by atoms with Crippen LogP contribution >= 0.6 is 0 Å². The first-order chi connectivity index (χ1) is 21.6. The summed E-state index contributed by atoms with van der Waals surface area (Å²) in [6.45, 7) is 5.42. The van der Waals surface area contributed by atoms with Gasteiger partial charge >= 0.3 is 0 Å². The summed E-state index contributed by atoms with van der Waals surface area (Å²) in [5.74, 6) is 1.89. The fraction of sp³-hybridized carbons (Fsp3) is 0.290. The Morgan fingerprint density at radius 3 is 2.68 bits per heavy atom. The molecule has 1 N–H and O–H groups in total. The van der Waals surface area contributed by atoms with E-state index in [9.17, 15) is 10.1 Å². The number of hydrogen-bond donors (Lipinski definition) is 1. The number of hydrogen-bond acceptors (Lipinski definition) is 11. The van der Waals surface area contributed by atoms with Crippen molar-refractivity contribution >= 4 is 28.1 Å².